The molecular formula is C23H25N3O3S. The standard InChI is InChI=1S/C23H25N3O3S/c1-15-16(2)30-23(24-15)25-21(27)14-26(13-18-9-6-12-29-18)22(28)20-11-5-8-17-7-3-4-10-19(17)20/h3-5,7-8,10-11,18H,6,9,12-14H2,1-2H3,(H,24,25,27). The van der Waals surface area contributed by atoms with E-state index in [4.69, 9.17) is 4.74 Å². The highest BCUT2D eigenvalue weighted by Crippen LogP contribution is 2.23. The largest absolute Gasteiger partial charge is 0.376 e. The number of fused-ring (bicyclic) bond motifs is 1. The minimum Gasteiger partial charge on any atom is -0.376 e. The molecule has 1 fully saturated rings. The van der Waals surface area contributed by atoms with E-state index in [-0.39, 0.29) is 24.5 Å². The molecule has 3 aromatic rings. The molecule has 30 heavy (non-hydrogen) atoms. The van der Waals surface area contributed by atoms with Gasteiger partial charge in [-0.3, -0.25) is 9.59 Å². The summed E-state index contributed by atoms with van der Waals surface area (Å²) in [5.41, 5.74) is 1.50. The molecule has 4 rings (SSSR count). The van der Waals surface area contributed by atoms with Gasteiger partial charge in [0.25, 0.3) is 5.91 Å². The van der Waals surface area contributed by atoms with Crippen molar-refractivity contribution in [3.05, 3.63) is 58.6 Å². The topological polar surface area (TPSA) is 71.5 Å². The van der Waals surface area contributed by atoms with Crippen LogP contribution in [0.2, 0.25) is 0 Å². The number of thiazole rings is 1. The maximum atomic E-state index is 13.5. The van der Waals surface area contributed by atoms with Gasteiger partial charge in [-0.25, -0.2) is 4.98 Å². The number of aromatic nitrogens is 1. The van der Waals surface area contributed by atoms with Gasteiger partial charge in [-0.2, -0.15) is 0 Å². The number of amides is 2. The van der Waals surface area contributed by atoms with Crippen LogP contribution < -0.4 is 5.32 Å². The van der Waals surface area contributed by atoms with E-state index in [1.54, 1.807) is 4.90 Å². The van der Waals surface area contributed by atoms with Crippen LogP contribution in [0.1, 0.15) is 33.8 Å². The predicted octanol–water partition coefficient (Wildman–Crippen LogP) is 4.17. The summed E-state index contributed by atoms with van der Waals surface area (Å²) < 4.78 is 5.74. The zero-order chi connectivity index (χ0) is 21.1. The highest BCUT2D eigenvalue weighted by molar-refractivity contribution is 7.15. The number of nitrogens with zero attached hydrogens (tertiary/aromatic N) is 2. The number of anilines is 1. The fourth-order valence-corrected chi connectivity index (χ4v) is 4.52. The van der Waals surface area contributed by atoms with E-state index in [0.717, 1.165) is 34.2 Å². The molecule has 1 atom stereocenters. The van der Waals surface area contributed by atoms with Crippen LogP contribution in [-0.4, -0.2) is 47.5 Å². The van der Waals surface area contributed by atoms with Crippen molar-refractivity contribution >= 4 is 39.1 Å². The van der Waals surface area contributed by atoms with E-state index in [2.05, 4.69) is 10.3 Å². The molecule has 2 aromatic carbocycles. The van der Waals surface area contributed by atoms with Crippen molar-refractivity contribution in [3.8, 4) is 0 Å². The molecule has 0 aliphatic carbocycles. The first-order chi connectivity index (χ1) is 14.5. The number of ether oxygens (including phenoxy) is 1. The molecule has 1 N–H and O–H groups in total. The first-order valence-electron chi connectivity index (χ1n) is 10.1. The lowest BCUT2D eigenvalue weighted by molar-refractivity contribution is -0.117. The molecule has 0 spiro atoms. The van der Waals surface area contributed by atoms with Crippen LogP contribution in [0.3, 0.4) is 0 Å². The zero-order valence-corrected chi connectivity index (χ0v) is 18.0. The third kappa shape index (κ3) is 4.52. The van der Waals surface area contributed by atoms with E-state index in [9.17, 15) is 9.59 Å². The summed E-state index contributed by atoms with van der Waals surface area (Å²) in [5.74, 6) is -0.417. The molecule has 2 amide bonds. The van der Waals surface area contributed by atoms with Gasteiger partial charge < -0.3 is 15.0 Å². The molecule has 0 radical (unpaired) electrons. The molecule has 7 heteroatoms. The van der Waals surface area contributed by atoms with E-state index >= 15 is 0 Å². The fourth-order valence-electron chi connectivity index (χ4n) is 3.69. The summed E-state index contributed by atoms with van der Waals surface area (Å²) in [6, 6.07) is 13.5. The lowest BCUT2D eigenvalue weighted by Gasteiger charge is -2.25. The Kier molecular flexibility index (Phi) is 6.11. The summed E-state index contributed by atoms with van der Waals surface area (Å²) >= 11 is 1.44. The fraction of sp³-hybridized carbons (Fsp3) is 0.348. The van der Waals surface area contributed by atoms with Crippen molar-refractivity contribution < 1.29 is 14.3 Å². The smallest absolute Gasteiger partial charge is 0.255 e. The third-order valence-electron chi connectivity index (χ3n) is 5.36. The van der Waals surface area contributed by atoms with Gasteiger partial charge in [0.1, 0.15) is 6.54 Å². The molecule has 1 aliphatic rings. The van der Waals surface area contributed by atoms with Gasteiger partial charge in [0.15, 0.2) is 5.13 Å². The van der Waals surface area contributed by atoms with E-state index in [1.165, 1.54) is 11.3 Å². The Morgan fingerprint density at radius 3 is 2.73 bits per heavy atom. The summed E-state index contributed by atoms with van der Waals surface area (Å²) in [4.78, 5) is 33.2. The highest BCUT2D eigenvalue weighted by Gasteiger charge is 2.26. The second-order valence-electron chi connectivity index (χ2n) is 7.56. The van der Waals surface area contributed by atoms with Crippen LogP contribution in [0, 0.1) is 13.8 Å². The van der Waals surface area contributed by atoms with E-state index in [0.29, 0.717) is 23.8 Å². The summed E-state index contributed by atoms with van der Waals surface area (Å²) in [6.07, 6.45) is 1.83. The Balaban J connectivity index is 1.56. The molecule has 1 saturated heterocycles. The molecule has 1 aliphatic heterocycles. The summed E-state index contributed by atoms with van der Waals surface area (Å²) in [5, 5.41) is 5.28. The zero-order valence-electron chi connectivity index (χ0n) is 17.2. The van der Waals surface area contributed by atoms with E-state index < -0.39 is 0 Å². The van der Waals surface area contributed by atoms with Crippen molar-refractivity contribution in [1.82, 2.24) is 9.88 Å². The number of carbonyl (C=O) groups is 2. The van der Waals surface area contributed by atoms with Crippen LogP contribution in [0.5, 0.6) is 0 Å². The van der Waals surface area contributed by atoms with Gasteiger partial charge >= 0.3 is 0 Å². The second-order valence-corrected chi connectivity index (χ2v) is 8.76. The van der Waals surface area contributed by atoms with Crippen molar-refractivity contribution in [2.24, 2.45) is 0 Å². The monoisotopic (exact) mass is 423 g/mol. The van der Waals surface area contributed by atoms with Crippen LogP contribution >= 0.6 is 11.3 Å². The molecule has 0 bridgehead atoms. The van der Waals surface area contributed by atoms with Gasteiger partial charge in [0, 0.05) is 23.6 Å². The SMILES string of the molecule is Cc1nc(NC(=O)CN(CC2CCCO2)C(=O)c2cccc3ccccc23)sc1C. The molecule has 0 saturated carbocycles. The van der Waals surface area contributed by atoms with Gasteiger partial charge in [0.2, 0.25) is 5.91 Å². The van der Waals surface area contributed by atoms with Crippen LogP contribution in [0.25, 0.3) is 10.8 Å². The number of rotatable bonds is 6. The van der Waals surface area contributed by atoms with Gasteiger partial charge in [-0.1, -0.05) is 36.4 Å². The predicted molar refractivity (Wildman–Crippen MR) is 119 cm³/mol. The van der Waals surface area contributed by atoms with Crippen molar-refractivity contribution in [3.63, 3.8) is 0 Å². The average Bonchev–Trinajstić information content (AvgIpc) is 3.36. The molecule has 1 aromatic heterocycles. The lowest BCUT2D eigenvalue weighted by Crippen LogP contribution is -2.42. The average molecular weight is 424 g/mol. The number of hydrogen-bond acceptors (Lipinski definition) is 5. The Labute approximate surface area is 179 Å². The minimum atomic E-state index is -0.254. The van der Waals surface area contributed by atoms with Gasteiger partial charge in [-0.05, 0) is 43.5 Å². The molecule has 2 heterocycles. The van der Waals surface area contributed by atoms with Crippen molar-refractivity contribution in [2.45, 2.75) is 32.8 Å². The number of benzene rings is 2. The molecule has 6 nitrogen and oxygen atoms in total. The number of aryl methyl sites for hydroxylation is 2. The van der Waals surface area contributed by atoms with Gasteiger partial charge in [0.05, 0.1) is 11.8 Å². The van der Waals surface area contributed by atoms with Crippen LogP contribution in [-0.2, 0) is 9.53 Å². The normalized spacial score (nSPS) is 16.0. The Morgan fingerprint density at radius 1 is 1.20 bits per heavy atom. The third-order valence-corrected chi connectivity index (χ3v) is 6.35. The maximum absolute atomic E-state index is 13.5. The lowest BCUT2D eigenvalue weighted by atomic mass is 10.0. The molecular weight excluding hydrogens is 398 g/mol. The second kappa shape index (κ2) is 8.93. The summed E-state index contributed by atoms with van der Waals surface area (Å²) in [7, 11) is 0. The minimum absolute atomic E-state index is 0.0407. The van der Waals surface area contributed by atoms with Crippen molar-refractivity contribution in [2.75, 3.05) is 25.0 Å². The summed E-state index contributed by atoms with van der Waals surface area (Å²) in [6.45, 7) is 4.93. The number of hydrogen-bond donors (Lipinski definition) is 1. The first kappa shape index (κ1) is 20.5. The molecule has 156 valence electrons. The molecule has 1 unspecified atom stereocenters. The Morgan fingerprint density at radius 2 is 2.00 bits per heavy atom. The Hall–Kier alpha value is -2.77. The van der Waals surface area contributed by atoms with Crippen LogP contribution in [0.15, 0.2) is 42.5 Å². The maximum Gasteiger partial charge on any atom is 0.255 e. The van der Waals surface area contributed by atoms with E-state index in [1.807, 2.05) is 56.3 Å². The quantitative estimate of drug-likeness (QED) is 0.646. The Bertz CT molecular complexity index is 1050. The first-order valence-corrected chi connectivity index (χ1v) is 11.0. The number of nitrogens with one attached hydrogen (secondary N) is 1. The van der Waals surface area contributed by atoms with Crippen LogP contribution in [0.4, 0.5) is 5.13 Å². The van der Waals surface area contributed by atoms with Gasteiger partial charge in [-0.15, -0.1) is 11.3 Å². The highest BCUT2D eigenvalue weighted by atomic mass is 32.1. The number of carbonyl (C=O) groups excluding carboxylic acids is 2. The van der Waals surface area contributed by atoms with Crippen molar-refractivity contribution in [1.29, 1.82) is 0 Å².